The van der Waals surface area contributed by atoms with Crippen molar-refractivity contribution in [2.75, 3.05) is 62.9 Å². The maximum atomic E-state index is 15.7. The summed E-state index contributed by atoms with van der Waals surface area (Å²) in [6.45, 7) is -2.02. The summed E-state index contributed by atoms with van der Waals surface area (Å²) in [5, 5.41) is 69.8. The highest BCUT2D eigenvalue weighted by molar-refractivity contribution is 7.91. The van der Waals surface area contributed by atoms with Crippen LogP contribution in [0.2, 0.25) is 0 Å². The highest BCUT2D eigenvalue weighted by Crippen LogP contribution is 2.37. The van der Waals surface area contributed by atoms with Gasteiger partial charge in [0.2, 0.25) is 51.4 Å². The molecule has 1 saturated carbocycles. The third-order valence-electron chi connectivity index (χ3n) is 12.6. The zero-order valence-electron chi connectivity index (χ0n) is 47.2. The Bertz CT molecular complexity index is 2910. The number of carboxylic acid groups (broad SMARTS) is 4. The van der Waals surface area contributed by atoms with Gasteiger partial charge >= 0.3 is 23.9 Å². The number of hydrogen-bond acceptors (Lipinski definition) is 21. The summed E-state index contributed by atoms with van der Waals surface area (Å²) in [4.78, 5) is 134. The van der Waals surface area contributed by atoms with Crippen molar-refractivity contribution in [3.8, 4) is 0 Å². The fourth-order valence-corrected chi connectivity index (χ4v) is 10.6. The van der Waals surface area contributed by atoms with E-state index in [1.54, 1.807) is 0 Å². The Morgan fingerprint density at radius 1 is 0.591 bits per heavy atom. The summed E-state index contributed by atoms with van der Waals surface area (Å²) >= 11 is 3.78. The van der Waals surface area contributed by atoms with Crippen molar-refractivity contribution in [2.24, 2.45) is 16.6 Å². The predicted molar refractivity (Wildman–Crippen MR) is 301 cm³/mol. The number of carboxylic acids is 4. The van der Waals surface area contributed by atoms with E-state index < -0.39 is 216 Å². The molecule has 0 aromatic heterocycles. The molecule has 7 amide bonds. The summed E-state index contributed by atoms with van der Waals surface area (Å²) < 4.78 is 108. The molecule has 40 heteroatoms. The second-order valence-corrected chi connectivity index (χ2v) is 23.5. The van der Waals surface area contributed by atoms with Crippen molar-refractivity contribution >= 4 is 109 Å². The van der Waals surface area contributed by atoms with Crippen molar-refractivity contribution in [2.45, 2.75) is 142 Å². The van der Waals surface area contributed by atoms with Crippen LogP contribution in [0.4, 0.5) is 18.9 Å². The van der Waals surface area contributed by atoms with Crippen LogP contribution in [0.15, 0.2) is 9.79 Å². The van der Waals surface area contributed by atoms with E-state index in [1.165, 1.54) is 0 Å². The van der Waals surface area contributed by atoms with Gasteiger partial charge in [0.1, 0.15) is 41.1 Å². The maximum absolute atomic E-state index is 15.7. The van der Waals surface area contributed by atoms with Gasteiger partial charge in [-0.2, -0.15) is 12.6 Å². The Hall–Kier alpha value is -7.66. The minimum Gasteiger partial charge on any atom is -0.481 e. The average molecular weight is 1320 g/mol. The largest absolute Gasteiger partial charge is 0.481 e. The number of aliphatic carboxylic acids is 4. The number of carbonyl (C=O) groups excluding carboxylic acids is 7. The smallest absolute Gasteiger partial charge is 0.327 e. The molecule has 496 valence electrons. The molecule has 1 aliphatic rings. The first kappa shape index (κ1) is 76.4. The molecule has 0 heterocycles. The molecular weight excluding hydrogens is 1250 g/mol. The lowest BCUT2D eigenvalue weighted by atomic mass is 9.96. The van der Waals surface area contributed by atoms with Crippen LogP contribution in [-0.4, -0.2) is 208 Å². The number of amides is 7. The third kappa shape index (κ3) is 27.6. The number of rotatable bonds is 40. The van der Waals surface area contributed by atoms with Crippen LogP contribution in [0.5, 0.6) is 0 Å². The SMILES string of the molecule is N=C(N)NCCCC(NC(=O)C(CC(=O)O)NC(=O)CCOCCOCCNC(=O)CCS(=O)(=O)c1c(F)c(F)c(S(N)(=O)=O)c(F)c1NC1CCCCCCC1)C(=O)NC(CC(=O)O)C(=O)NC[C@H](N)C(=O)N[C@@H](CC(=O)O)C(=O)N[C@@H](CS)C(=O)O. The topological polar surface area (TPSA) is 566 Å². The van der Waals surface area contributed by atoms with Gasteiger partial charge in [-0.05, 0) is 25.7 Å². The number of hydrogen-bond donors (Lipinski definition) is 18. The van der Waals surface area contributed by atoms with Gasteiger partial charge in [0.25, 0.3) is 0 Å². The van der Waals surface area contributed by atoms with Crippen LogP contribution in [-0.2, 0) is 82.1 Å². The molecule has 0 spiro atoms. The van der Waals surface area contributed by atoms with E-state index in [2.05, 4.69) is 49.8 Å². The Labute approximate surface area is 507 Å². The van der Waals surface area contributed by atoms with E-state index in [0.29, 0.717) is 25.7 Å². The Balaban J connectivity index is 2.00. The molecular formula is C48H74F3N13O21S3. The maximum Gasteiger partial charge on any atom is 0.327 e. The quantitative estimate of drug-likeness (QED) is 0.00969. The Morgan fingerprint density at radius 3 is 1.61 bits per heavy atom. The summed E-state index contributed by atoms with van der Waals surface area (Å²) in [6.07, 6.45) is -0.480. The van der Waals surface area contributed by atoms with Crippen LogP contribution in [0.1, 0.15) is 89.9 Å². The molecule has 88 heavy (non-hydrogen) atoms. The number of primary sulfonamides is 1. The summed E-state index contributed by atoms with van der Waals surface area (Å²) in [6, 6.07) is -11.4. The van der Waals surface area contributed by atoms with Crippen LogP contribution >= 0.6 is 12.6 Å². The first-order chi connectivity index (χ1) is 41.2. The normalized spacial score (nSPS) is 14.9. The zero-order valence-corrected chi connectivity index (χ0v) is 49.7. The van der Waals surface area contributed by atoms with Gasteiger partial charge in [-0.25, -0.2) is 39.9 Å². The van der Waals surface area contributed by atoms with Gasteiger partial charge in [-0.15, -0.1) is 0 Å². The molecule has 0 radical (unpaired) electrons. The second-order valence-electron chi connectivity index (χ2n) is 19.6. The number of thiol groups is 1. The molecule has 34 nitrogen and oxygen atoms in total. The Morgan fingerprint density at radius 2 is 1.08 bits per heavy atom. The number of guanidine groups is 1. The van der Waals surface area contributed by atoms with E-state index in [-0.39, 0.29) is 52.4 Å². The number of ether oxygens (including phenoxy) is 2. The van der Waals surface area contributed by atoms with Crippen LogP contribution < -0.4 is 64.5 Å². The fourth-order valence-electron chi connectivity index (χ4n) is 8.18. The van der Waals surface area contributed by atoms with Crippen molar-refractivity contribution < 1.29 is 113 Å². The number of anilines is 1. The standard InChI is InChI=1S/C48H74F3N13O21S3/c49-36-37(50)41(39(38(51)40(36)88(55,82)83)59-24-7-4-2-1-3-5-8-24)87(80,81)18-11-31(65)56-13-15-85-17-16-84-14-10-32(66)60-28(20-34(69)70)45(76)61-26(9-6-12-57-48(53)54)44(75)63-27(19-33(67)68)43(74)58-22-25(52)42(73)62-29(21-35(71)72)46(77)64-30(23-86)47(78)79/h24-30,59,86H,1-23,52H2,(H,56,65)(H,58,74)(H,60,66)(H,61,76)(H,62,73)(H,63,75)(H,64,77)(H,67,68)(H,69,70)(H,71,72)(H,78,79)(H4,53,54,57)(H2,55,82,83)/t25-,26?,27?,28?,29-,30-/m0/s1. The van der Waals surface area contributed by atoms with Crippen LogP contribution in [0.3, 0.4) is 0 Å². The zero-order chi connectivity index (χ0) is 66.5. The minimum atomic E-state index is -5.23. The first-order valence-corrected chi connectivity index (χ1v) is 30.8. The van der Waals surface area contributed by atoms with Gasteiger partial charge in [-0.1, -0.05) is 32.1 Å². The van der Waals surface area contributed by atoms with Crippen LogP contribution in [0.25, 0.3) is 0 Å². The molecule has 0 aliphatic heterocycles. The molecule has 1 aromatic rings. The molecule has 1 aliphatic carbocycles. The lowest BCUT2D eigenvalue weighted by Crippen LogP contribution is -2.59. The molecule has 6 atom stereocenters. The van der Waals surface area contributed by atoms with E-state index in [4.69, 9.17) is 31.5 Å². The highest BCUT2D eigenvalue weighted by atomic mass is 32.2. The van der Waals surface area contributed by atoms with Gasteiger partial charge in [-0.3, -0.25) is 53.4 Å². The predicted octanol–water partition coefficient (Wildman–Crippen LogP) is -4.45. The molecule has 0 saturated heterocycles. The third-order valence-corrected chi connectivity index (χ3v) is 15.6. The van der Waals surface area contributed by atoms with Crippen molar-refractivity contribution in [3.05, 3.63) is 17.5 Å². The van der Waals surface area contributed by atoms with E-state index >= 15 is 13.2 Å². The lowest BCUT2D eigenvalue weighted by Gasteiger charge is -2.25. The number of benzene rings is 1. The number of carbonyl (C=O) groups is 11. The number of nitrogens with one attached hydrogen (secondary N) is 10. The van der Waals surface area contributed by atoms with Crippen molar-refractivity contribution in [1.82, 2.24) is 42.5 Å². The Kier molecular flexibility index (Phi) is 32.9. The second kappa shape index (κ2) is 37.9. The lowest BCUT2D eigenvalue weighted by molar-refractivity contribution is -0.143. The van der Waals surface area contributed by atoms with Crippen molar-refractivity contribution in [3.63, 3.8) is 0 Å². The molecule has 1 aromatic carbocycles. The monoisotopic (exact) mass is 1320 g/mol. The highest BCUT2D eigenvalue weighted by Gasteiger charge is 2.38. The van der Waals surface area contributed by atoms with Crippen molar-refractivity contribution in [1.29, 1.82) is 5.41 Å². The molecule has 1 fully saturated rings. The summed E-state index contributed by atoms with van der Waals surface area (Å²) in [5.74, 6) is -23.1. The van der Waals surface area contributed by atoms with Gasteiger partial charge < -0.3 is 89.2 Å². The summed E-state index contributed by atoms with van der Waals surface area (Å²) in [5.41, 5.74) is 9.99. The molecule has 20 N–H and O–H groups in total. The summed E-state index contributed by atoms with van der Waals surface area (Å²) in [7, 11) is -10.3. The number of sulfonamides is 1. The number of nitrogens with two attached hydrogens (primary N) is 3. The molecule has 0 bridgehead atoms. The molecule has 3 unspecified atom stereocenters. The number of sulfone groups is 1. The van der Waals surface area contributed by atoms with Gasteiger partial charge in [0, 0.05) is 44.3 Å². The van der Waals surface area contributed by atoms with Gasteiger partial charge in [0.15, 0.2) is 38.1 Å². The van der Waals surface area contributed by atoms with E-state index in [1.807, 2.05) is 10.6 Å². The number of halogens is 3. The van der Waals surface area contributed by atoms with E-state index in [9.17, 15) is 90.0 Å². The van der Waals surface area contributed by atoms with Gasteiger partial charge in [0.05, 0.1) is 57.1 Å². The van der Waals surface area contributed by atoms with Crippen LogP contribution in [0, 0.1) is 22.9 Å². The average Bonchev–Trinajstić information content (AvgIpc) is 2.00. The van der Waals surface area contributed by atoms with E-state index in [0.717, 1.165) is 19.3 Å². The fraction of sp³-hybridized carbons (Fsp3) is 0.625. The first-order valence-electron chi connectivity index (χ1n) is 27.0. The minimum absolute atomic E-state index is 0.0647. The molecule has 2 rings (SSSR count).